The van der Waals surface area contributed by atoms with Gasteiger partial charge in [-0.3, -0.25) is 0 Å². The van der Waals surface area contributed by atoms with Gasteiger partial charge in [0.2, 0.25) is 5.88 Å². The zero-order valence-electron chi connectivity index (χ0n) is 19.6. The lowest BCUT2D eigenvalue weighted by atomic mass is 10.2. The average molecular weight is 537 g/mol. The van der Waals surface area contributed by atoms with Crippen LogP contribution in [0.4, 0.5) is 5.69 Å². The van der Waals surface area contributed by atoms with Crippen molar-refractivity contribution in [2.45, 2.75) is 10.6 Å². The van der Waals surface area contributed by atoms with Crippen molar-refractivity contribution in [2.24, 2.45) is 0 Å². The van der Waals surface area contributed by atoms with Crippen LogP contribution in [-0.4, -0.2) is 52.7 Å². The lowest BCUT2D eigenvalue weighted by molar-refractivity contribution is 0.356. The summed E-state index contributed by atoms with van der Waals surface area (Å²) < 4.78 is 42.0. The third-order valence-corrected chi connectivity index (χ3v) is 7.26. The van der Waals surface area contributed by atoms with Crippen LogP contribution in [0.5, 0.6) is 17.4 Å². The molecule has 5 rings (SSSR count). The van der Waals surface area contributed by atoms with Crippen molar-refractivity contribution in [3.05, 3.63) is 67.0 Å². The number of methoxy groups -OCH3 is 2. The topological polar surface area (TPSA) is 141 Å². The molecule has 188 valence electrons. The Morgan fingerprint density at radius 3 is 2.41 bits per heavy atom. The number of sulfone groups is 1. The quantitative estimate of drug-likeness (QED) is 0.294. The molecular formula is C24H20N6O5S2. The number of nitrogens with one attached hydrogen (secondary N) is 2. The normalized spacial score (nSPS) is 11.4. The highest BCUT2D eigenvalue weighted by Gasteiger charge is 2.19. The van der Waals surface area contributed by atoms with Gasteiger partial charge in [0.1, 0.15) is 23.6 Å². The van der Waals surface area contributed by atoms with Gasteiger partial charge in [0.05, 0.1) is 30.0 Å². The van der Waals surface area contributed by atoms with Crippen LogP contribution in [0, 0.1) is 0 Å². The molecule has 2 aromatic carbocycles. The highest BCUT2D eigenvalue weighted by Crippen LogP contribution is 2.37. The predicted octanol–water partition coefficient (Wildman–Crippen LogP) is 3.67. The van der Waals surface area contributed by atoms with Gasteiger partial charge in [-0.05, 0) is 48.6 Å². The summed E-state index contributed by atoms with van der Waals surface area (Å²) in [5.74, 6) is 1.27. The van der Waals surface area contributed by atoms with E-state index in [1.165, 1.54) is 30.9 Å². The summed E-state index contributed by atoms with van der Waals surface area (Å²) in [6.07, 6.45) is 4.36. The van der Waals surface area contributed by atoms with Crippen molar-refractivity contribution < 1.29 is 22.6 Å². The number of anilines is 1. The van der Waals surface area contributed by atoms with E-state index in [1.807, 2.05) is 0 Å². The van der Waals surface area contributed by atoms with Crippen molar-refractivity contribution in [1.29, 1.82) is 0 Å². The van der Waals surface area contributed by atoms with Crippen molar-refractivity contribution in [1.82, 2.24) is 24.9 Å². The minimum absolute atomic E-state index is 0.0168. The van der Waals surface area contributed by atoms with Gasteiger partial charge in [-0.2, -0.15) is 0 Å². The minimum Gasteiger partial charge on any atom is -0.493 e. The van der Waals surface area contributed by atoms with Gasteiger partial charge < -0.3 is 24.5 Å². The van der Waals surface area contributed by atoms with Crippen LogP contribution in [0.25, 0.3) is 21.9 Å². The van der Waals surface area contributed by atoms with E-state index in [-0.39, 0.29) is 27.5 Å². The number of benzene rings is 2. The summed E-state index contributed by atoms with van der Waals surface area (Å²) in [6, 6.07) is 11.4. The zero-order chi connectivity index (χ0) is 26.0. The van der Waals surface area contributed by atoms with E-state index in [0.29, 0.717) is 28.2 Å². The van der Waals surface area contributed by atoms with Crippen LogP contribution >= 0.6 is 12.2 Å². The molecule has 0 amide bonds. The molecule has 0 atom stereocenters. The summed E-state index contributed by atoms with van der Waals surface area (Å²) >= 11 is 5.38. The number of ether oxygens (including phenoxy) is 3. The standard InChI is InChI=1S/C24H20N6O5S2/c1-33-18-10-16-17(11-19(18)34-2)30-22-21(16)23(28-13-27-22)35-24(36)29-14-4-6-15(7-5-14)37(31,32)12-20-25-8-3-9-26-20/h3-11,13H,12H2,1-2H3,(H,29,36)(H,27,28,30). The number of hydrogen-bond acceptors (Lipinski definition) is 10. The number of nitrogens with zero attached hydrogens (tertiary/aromatic N) is 4. The molecule has 0 saturated carbocycles. The summed E-state index contributed by atoms with van der Waals surface area (Å²) in [6.45, 7) is 0. The van der Waals surface area contributed by atoms with Gasteiger partial charge in [-0.15, -0.1) is 0 Å². The molecule has 0 aliphatic carbocycles. The molecule has 2 N–H and O–H groups in total. The molecule has 0 radical (unpaired) electrons. The van der Waals surface area contributed by atoms with Crippen molar-refractivity contribution in [3.8, 4) is 17.4 Å². The molecule has 0 fully saturated rings. The second-order valence-corrected chi connectivity index (χ2v) is 10.1. The van der Waals surface area contributed by atoms with Gasteiger partial charge in [0.25, 0.3) is 5.17 Å². The second kappa shape index (κ2) is 9.95. The number of thiocarbonyl (C=S) groups is 1. The van der Waals surface area contributed by atoms with Crippen LogP contribution in [-0.2, 0) is 15.6 Å². The van der Waals surface area contributed by atoms with Gasteiger partial charge in [0.15, 0.2) is 21.3 Å². The minimum atomic E-state index is -3.61. The molecule has 0 spiro atoms. The fraction of sp³-hybridized carbons (Fsp3) is 0.125. The first-order valence-electron chi connectivity index (χ1n) is 10.8. The number of hydrogen-bond donors (Lipinski definition) is 2. The lowest BCUT2D eigenvalue weighted by Crippen LogP contribution is -2.17. The third kappa shape index (κ3) is 4.99. The van der Waals surface area contributed by atoms with Crippen molar-refractivity contribution in [2.75, 3.05) is 19.5 Å². The third-order valence-electron chi connectivity index (χ3n) is 5.45. The van der Waals surface area contributed by atoms with Crippen LogP contribution < -0.4 is 19.5 Å². The first-order chi connectivity index (χ1) is 17.9. The van der Waals surface area contributed by atoms with Crippen LogP contribution in [0.3, 0.4) is 0 Å². The molecule has 5 aromatic rings. The summed E-state index contributed by atoms with van der Waals surface area (Å²) in [5.41, 5.74) is 1.85. The van der Waals surface area contributed by atoms with E-state index in [1.54, 1.807) is 44.6 Å². The fourth-order valence-corrected chi connectivity index (χ4v) is 5.14. The highest BCUT2D eigenvalue weighted by atomic mass is 32.2. The molecule has 0 aliphatic heterocycles. The van der Waals surface area contributed by atoms with Crippen LogP contribution in [0.1, 0.15) is 5.82 Å². The molecule has 0 saturated heterocycles. The van der Waals surface area contributed by atoms with Gasteiger partial charge in [-0.1, -0.05) is 0 Å². The Morgan fingerprint density at radius 1 is 1.00 bits per heavy atom. The first-order valence-corrected chi connectivity index (χ1v) is 12.9. The Kier molecular flexibility index (Phi) is 6.54. The highest BCUT2D eigenvalue weighted by molar-refractivity contribution is 7.90. The molecule has 37 heavy (non-hydrogen) atoms. The molecule has 11 nitrogen and oxygen atoms in total. The van der Waals surface area contributed by atoms with Gasteiger partial charge in [-0.25, -0.2) is 28.4 Å². The van der Waals surface area contributed by atoms with Gasteiger partial charge in [0, 0.05) is 29.5 Å². The Hall–Kier alpha value is -4.36. The van der Waals surface area contributed by atoms with E-state index < -0.39 is 9.84 Å². The summed E-state index contributed by atoms with van der Waals surface area (Å²) in [7, 11) is -0.500. The maximum absolute atomic E-state index is 12.7. The zero-order valence-corrected chi connectivity index (χ0v) is 21.3. The van der Waals surface area contributed by atoms with E-state index in [4.69, 9.17) is 26.4 Å². The first kappa shape index (κ1) is 24.3. The smallest absolute Gasteiger partial charge is 0.268 e. The maximum Gasteiger partial charge on any atom is 0.268 e. The Bertz CT molecular complexity index is 1710. The molecule has 0 aliphatic rings. The summed E-state index contributed by atoms with van der Waals surface area (Å²) in [4.78, 5) is 19.8. The molecule has 0 unspecified atom stereocenters. The predicted molar refractivity (Wildman–Crippen MR) is 141 cm³/mol. The monoisotopic (exact) mass is 536 g/mol. The largest absolute Gasteiger partial charge is 0.493 e. The number of aromatic amines is 1. The Balaban J connectivity index is 1.35. The number of aromatic nitrogens is 5. The SMILES string of the molecule is COc1cc2[nH]c3ncnc(OC(=S)Nc4ccc(S(=O)(=O)Cc5ncccn5)cc4)c3c2cc1OC. The van der Waals surface area contributed by atoms with Gasteiger partial charge >= 0.3 is 0 Å². The van der Waals surface area contributed by atoms with Crippen LogP contribution in [0.2, 0.25) is 0 Å². The second-order valence-electron chi connectivity index (χ2n) is 7.74. The molecular weight excluding hydrogens is 516 g/mol. The number of fused-ring (bicyclic) bond motifs is 3. The average Bonchev–Trinajstić information content (AvgIpc) is 3.26. The van der Waals surface area contributed by atoms with Crippen molar-refractivity contribution in [3.63, 3.8) is 0 Å². The van der Waals surface area contributed by atoms with Crippen LogP contribution in [0.15, 0.2) is 66.1 Å². The lowest BCUT2D eigenvalue weighted by Gasteiger charge is -2.11. The fourth-order valence-electron chi connectivity index (χ4n) is 3.74. The number of H-pyrrole nitrogens is 1. The van der Waals surface area contributed by atoms with Crippen molar-refractivity contribution >= 4 is 54.9 Å². The Labute approximate surface area is 216 Å². The van der Waals surface area contributed by atoms with E-state index >= 15 is 0 Å². The molecule has 3 aromatic heterocycles. The molecule has 0 bridgehead atoms. The molecule has 3 heterocycles. The number of rotatable bonds is 7. The molecule has 13 heteroatoms. The maximum atomic E-state index is 12.7. The van der Waals surface area contributed by atoms with E-state index in [2.05, 4.69) is 30.2 Å². The van der Waals surface area contributed by atoms with E-state index in [0.717, 1.165) is 10.9 Å². The summed E-state index contributed by atoms with van der Waals surface area (Å²) in [5, 5.41) is 4.34. The van der Waals surface area contributed by atoms with E-state index in [9.17, 15) is 8.42 Å². The Morgan fingerprint density at radius 2 is 1.70 bits per heavy atom.